The summed E-state index contributed by atoms with van der Waals surface area (Å²) < 4.78 is 34.8. The summed E-state index contributed by atoms with van der Waals surface area (Å²) >= 11 is 0. The number of halogens is 3. The van der Waals surface area contributed by atoms with E-state index in [1.165, 1.54) is 6.07 Å². The van der Waals surface area contributed by atoms with Crippen LogP contribution in [0.25, 0.3) is 0 Å². The van der Waals surface area contributed by atoms with E-state index in [0.717, 1.165) is 19.3 Å². The van der Waals surface area contributed by atoms with Crippen LogP contribution in [-0.2, 0) is 0 Å². The lowest BCUT2D eigenvalue weighted by atomic mass is 10.0. The van der Waals surface area contributed by atoms with E-state index >= 15 is 0 Å². The molecule has 102 valence electrons. The van der Waals surface area contributed by atoms with E-state index in [1.54, 1.807) is 12.1 Å². The van der Waals surface area contributed by atoms with E-state index in [2.05, 4.69) is 16.4 Å². The van der Waals surface area contributed by atoms with Crippen LogP contribution >= 0.6 is 12.4 Å². The van der Waals surface area contributed by atoms with Crippen molar-refractivity contribution in [1.82, 2.24) is 0 Å². The number of benzene rings is 1. The molecule has 1 heterocycles. The highest BCUT2D eigenvalue weighted by Crippen LogP contribution is 2.45. The summed E-state index contributed by atoms with van der Waals surface area (Å²) in [5.41, 5.74) is 6.54. The minimum atomic E-state index is -3.58. The minimum absolute atomic E-state index is 0. The molecule has 0 unspecified atom stereocenters. The number of hydrogen-bond donors (Lipinski definition) is 1. The molecule has 0 fully saturated rings. The highest BCUT2D eigenvalue weighted by atomic mass is 35.5. The van der Waals surface area contributed by atoms with E-state index in [-0.39, 0.29) is 29.9 Å². The maximum Gasteiger partial charge on any atom is 0.586 e. The number of para-hydroxylation sites is 1. The zero-order chi connectivity index (χ0) is 12.5. The maximum absolute atomic E-state index is 12.9. The summed E-state index contributed by atoms with van der Waals surface area (Å²) in [5.74, 6) is 0.126. The van der Waals surface area contributed by atoms with Crippen LogP contribution in [0.5, 0.6) is 11.5 Å². The van der Waals surface area contributed by atoms with Gasteiger partial charge in [0.1, 0.15) is 0 Å². The number of ether oxygens (including phenoxy) is 2. The Kier molecular flexibility index (Phi) is 4.76. The molecule has 0 saturated carbocycles. The largest absolute Gasteiger partial charge is 0.586 e. The minimum Gasteiger partial charge on any atom is -0.395 e. The second kappa shape index (κ2) is 5.71. The molecule has 0 radical (unpaired) electrons. The van der Waals surface area contributed by atoms with Gasteiger partial charge in [0.25, 0.3) is 0 Å². The Morgan fingerprint density at radius 3 is 2.72 bits per heavy atom. The van der Waals surface area contributed by atoms with Gasteiger partial charge in [-0.05, 0) is 12.5 Å². The highest BCUT2D eigenvalue weighted by molar-refractivity contribution is 5.85. The van der Waals surface area contributed by atoms with Crippen molar-refractivity contribution in [3.8, 4) is 11.5 Å². The molecule has 1 aromatic rings. The summed E-state index contributed by atoms with van der Waals surface area (Å²) in [4.78, 5) is 0. The van der Waals surface area contributed by atoms with Gasteiger partial charge in [0.2, 0.25) is 0 Å². The molecule has 2 rings (SSSR count). The van der Waals surface area contributed by atoms with Gasteiger partial charge in [0, 0.05) is 11.6 Å². The van der Waals surface area contributed by atoms with Gasteiger partial charge in [-0.25, -0.2) is 0 Å². The molecule has 0 amide bonds. The Morgan fingerprint density at radius 2 is 2.06 bits per heavy atom. The van der Waals surface area contributed by atoms with Crippen molar-refractivity contribution >= 4 is 12.4 Å². The fourth-order valence-electron chi connectivity index (χ4n) is 1.86. The molecular formula is C12H16ClF2NO2. The number of fused-ring (bicyclic) bond motifs is 1. The molecule has 0 bridgehead atoms. The van der Waals surface area contributed by atoms with Gasteiger partial charge in [-0.1, -0.05) is 31.9 Å². The van der Waals surface area contributed by atoms with Crippen molar-refractivity contribution in [2.45, 2.75) is 38.5 Å². The van der Waals surface area contributed by atoms with Crippen LogP contribution in [0.4, 0.5) is 8.78 Å². The standard InChI is InChI=1S/C12H15F2NO2.ClH/c1-2-3-6-9(15)8-5-4-7-10-11(8)17-12(13,14)16-10;/h4-5,7,9H,2-3,6,15H2,1H3;1H/t9-;/m0./s1. The van der Waals surface area contributed by atoms with Gasteiger partial charge in [-0.15, -0.1) is 21.2 Å². The Hall–Kier alpha value is -1.07. The predicted molar refractivity (Wildman–Crippen MR) is 66.3 cm³/mol. The fourth-order valence-corrected chi connectivity index (χ4v) is 1.86. The lowest BCUT2D eigenvalue weighted by molar-refractivity contribution is -0.287. The molecule has 6 heteroatoms. The van der Waals surface area contributed by atoms with E-state index in [1.807, 2.05) is 0 Å². The van der Waals surface area contributed by atoms with E-state index in [0.29, 0.717) is 5.56 Å². The summed E-state index contributed by atoms with van der Waals surface area (Å²) in [6.07, 6.45) is -0.886. The van der Waals surface area contributed by atoms with Crippen LogP contribution in [0.2, 0.25) is 0 Å². The smallest absolute Gasteiger partial charge is 0.395 e. The summed E-state index contributed by atoms with van der Waals surface area (Å²) in [7, 11) is 0. The zero-order valence-electron chi connectivity index (χ0n) is 9.99. The fraction of sp³-hybridized carbons (Fsp3) is 0.500. The van der Waals surface area contributed by atoms with Gasteiger partial charge in [-0.3, -0.25) is 0 Å². The molecule has 0 aromatic heterocycles. The zero-order valence-corrected chi connectivity index (χ0v) is 10.8. The molecule has 18 heavy (non-hydrogen) atoms. The average molecular weight is 280 g/mol. The maximum atomic E-state index is 12.9. The number of rotatable bonds is 4. The molecule has 1 aliphatic heterocycles. The lowest BCUT2D eigenvalue weighted by Crippen LogP contribution is -2.26. The van der Waals surface area contributed by atoms with Crippen molar-refractivity contribution in [3.05, 3.63) is 23.8 Å². The lowest BCUT2D eigenvalue weighted by Gasteiger charge is -2.13. The molecule has 0 spiro atoms. The SMILES string of the molecule is CCCC[C@H](N)c1cccc2c1OC(F)(F)O2.Cl. The first kappa shape index (κ1) is 15.0. The van der Waals surface area contributed by atoms with E-state index in [4.69, 9.17) is 5.73 Å². The third-order valence-electron chi connectivity index (χ3n) is 2.73. The second-order valence-electron chi connectivity index (χ2n) is 4.09. The Bertz CT molecular complexity index is 415. The van der Waals surface area contributed by atoms with Crippen LogP contribution in [0, 0.1) is 0 Å². The van der Waals surface area contributed by atoms with E-state index in [9.17, 15) is 8.78 Å². The van der Waals surface area contributed by atoms with Gasteiger partial charge in [0.05, 0.1) is 0 Å². The Balaban J connectivity index is 0.00000162. The number of unbranched alkanes of at least 4 members (excludes halogenated alkanes) is 1. The molecule has 3 nitrogen and oxygen atoms in total. The molecule has 1 aliphatic rings. The predicted octanol–water partition coefficient (Wildman–Crippen LogP) is 3.62. The van der Waals surface area contributed by atoms with Gasteiger partial charge in [0.15, 0.2) is 11.5 Å². The van der Waals surface area contributed by atoms with Crippen LogP contribution in [0.3, 0.4) is 0 Å². The van der Waals surface area contributed by atoms with Gasteiger partial charge >= 0.3 is 6.29 Å². The van der Waals surface area contributed by atoms with Crippen molar-refractivity contribution in [2.24, 2.45) is 5.73 Å². The quantitative estimate of drug-likeness (QED) is 0.915. The van der Waals surface area contributed by atoms with Gasteiger partial charge in [-0.2, -0.15) is 0 Å². The highest BCUT2D eigenvalue weighted by Gasteiger charge is 2.44. The molecule has 1 aromatic carbocycles. The van der Waals surface area contributed by atoms with Crippen LogP contribution in [0.1, 0.15) is 37.8 Å². The van der Waals surface area contributed by atoms with Crippen molar-refractivity contribution < 1.29 is 18.3 Å². The van der Waals surface area contributed by atoms with E-state index < -0.39 is 6.29 Å². The van der Waals surface area contributed by atoms with Crippen LogP contribution in [0.15, 0.2) is 18.2 Å². The Labute approximate surface area is 111 Å². The molecule has 1 atom stereocenters. The first-order valence-corrected chi connectivity index (χ1v) is 5.68. The number of alkyl halides is 2. The first-order valence-electron chi connectivity index (χ1n) is 5.68. The third kappa shape index (κ3) is 3.03. The van der Waals surface area contributed by atoms with Crippen LogP contribution < -0.4 is 15.2 Å². The molecule has 0 saturated heterocycles. The average Bonchev–Trinajstić information content (AvgIpc) is 2.59. The monoisotopic (exact) mass is 279 g/mol. The van der Waals surface area contributed by atoms with Crippen molar-refractivity contribution in [3.63, 3.8) is 0 Å². The topological polar surface area (TPSA) is 44.5 Å². The molecule has 0 aliphatic carbocycles. The molecule has 2 N–H and O–H groups in total. The number of hydrogen-bond acceptors (Lipinski definition) is 3. The summed E-state index contributed by atoms with van der Waals surface area (Å²) in [6.45, 7) is 2.05. The third-order valence-corrected chi connectivity index (χ3v) is 2.73. The normalized spacial score (nSPS) is 17.1. The number of nitrogens with two attached hydrogens (primary N) is 1. The summed E-state index contributed by atoms with van der Waals surface area (Å²) in [5, 5.41) is 0. The van der Waals surface area contributed by atoms with Crippen molar-refractivity contribution in [1.29, 1.82) is 0 Å². The first-order chi connectivity index (χ1) is 8.03. The Morgan fingerprint density at radius 1 is 1.33 bits per heavy atom. The summed E-state index contributed by atoms with van der Waals surface area (Å²) in [6, 6.07) is 4.49. The van der Waals surface area contributed by atoms with Gasteiger partial charge < -0.3 is 15.2 Å². The van der Waals surface area contributed by atoms with Crippen molar-refractivity contribution in [2.75, 3.05) is 0 Å². The van der Waals surface area contributed by atoms with Crippen LogP contribution in [-0.4, -0.2) is 6.29 Å². The second-order valence-corrected chi connectivity index (χ2v) is 4.09. The molecular weight excluding hydrogens is 264 g/mol.